The number of nitrogens with one attached hydrogen (secondary N) is 1. The highest BCUT2D eigenvalue weighted by Gasteiger charge is 2.09. The van der Waals surface area contributed by atoms with E-state index in [2.05, 4.69) is 18.3 Å². The molecule has 1 aliphatic heterocycles. The number of hydrogen-bond acceptors (Lipinski definition) is 2. The summed E-state index contributed by atoms with van der Waals surface area (Å²) in [6, 6.07) is 0. The Morgan fingerprint density at radius 1 is 1.70 bits per heavy atom. The quantitative estimate of drug-likeness (QED) is 0.549. The van der Waals surface area contributed by atoms with E-state index >= 15 is 0 Å². The van der Waals surface area contributed by atoms with Gasteiger partial charge in [0.15, 0.2) is 0 Å². The van der Waals surface area contributed by atoms with Crippen molar-refractivity contribution in [2.45, 2.75) is 19.4 Å². The van der Waals surface area contributed by atoms with E-state index in [1.54, 1.807) is 7.11 Å². The fourth-order valence-electron chi connectivity index (χ4n) is 1.17. The standard InChI is InChI=1S/C8H15NO/c1-7-3-4-9-6-8(5-7)10-2/h3,8-9H,4-6H2,1-2H3/t8-/m0/s1. The summed E-state index contributed by atoms with van der Waals surface area (Å²) >= 11 is 0. The van der Waals surface area contributed by atoms with Crippen molar-refractivity contribution in [2.24, 2.45) is 0 Å². The Bertz CT molecular complexity index is 131. The molecule has 0 aromatic rings. The van der Waals surface area contributed by atoms with Crippen molar-refractivity contribution in [3.8, 4) is 0 Å². The maximum atomic E-state index is 5.24. The molecule has 0 spiro atoms. The topological polar surface area (TPSA) is 21.3 Å². The van der Waals surface area contributed by atoms with Crippen LogP contribution in [0.1, 0.15) is 13.3 Å². The molecule has 0 saturated heterocycles. The highest BCUT2D eigenvalue weighted by molar-refractivity contribution is 5.03. The van der Waals surface area contributed by atoms with Gasteiger partial charge in [0.25, 0.3) is 0 Å². The third-order valence-corrected chi connectivity index (χ3v) is 1.85. The van der Waals surface area contributed by atoms with Gasteiger partial charge in [0.2, 0.25) is 0 Å². The molecule has 0 amide bonds. The first kappa shape index (κ1) is 7.76. The summed E-state index contributed by atoms with van der Waals surface area (Å²) in [4.78, 5) is 0. The summed E-state index contributed by atoms with van der Waals surface area (Å²) in [6.07, 6.45) is 3.67. The lowest BCUT2D eigenvalue weighted by Gasteiger charge is -2.12. The molecule has 0 aliphatic carbocycles. The van der Waals surface area contributed by atoms with Crippen LogP contribution in [0.25, 0.3) is 0 Å². The van der Waals surface area contributed by atoms with E-state index in [1.807, 2.05) is 0 Å². The van der Waals surface area contributed by atoms with Crippen LogP contribution in [0.2, 0.25) is 0 Å². The average molecular weight is 141 g/mol. The summed E-state index contributed by atoms with van der Waals surface area (Å²) in [6.45, 7) is 4.12. The average Bonchev–Trinajstić information content (AvgIpc) is 2.13. The zero-order valence-electron chi connectivity index (χ0n) is 6.68. The molecule has 0 bridgehead atoms. The van der Waals surface area contributed by atoms with Gasteiger partial charge in [-0.15, -0.1) is 0 Å². The van der Waals surface area contributed by atoms with Gasteiger partial charge in [-0.3, -0.25) is 0 Å². The van der Waals surface area contributed by atoms with Crippen LogP contribution in [0, 0.1) is 0 Å². The number of rotatable bonds is 1. The third kappa shape index (κ3) is 2.12. The van der Waals surface area contributed by atoms with Crippen LogP contribution in [-0.2, 0) is 4.74 Å². The molecule has 1 heterocycles. The smallest absolute Gasteiger partial charge is 0.0732 e. The highest BCUT2D eigenvalue weighted by atomic mass is 16.5. The lowest BCUT2D eigenvalue weighted by molar-refractivity contribution is 0.105. The lowest BCUT2D eigenvalue weighted by Crippen LogP contribution is -2.26. The Morgan fingerprint density at radius 3 is 3.20 bits per heavy atom. The van der Waals surface area contributed by atoms with Crippen molar-refractivity contribution < 1.29 is 4.74 Å². The van der Waals surface area contributed by atoms with Crippen molar-refractivity contribution >= 4 is 0 Å². The first-order valence-electron chi connectivity index (χ1n) is 3.72. The Morgan fingerprint density at radius 2 is 2.50 bits per heavy atom. The summed E-state index contributed by atoms with van der Waals surface area (Å²) in [5.74, 6) is 0. The Balaban J connectivity index is 2.43. The molecule has 58 valence electrons. The fraction of sp³-hybridized carbons (Fsp3) is 0.750. The normalized spacial score (nSPS) is 27.4. The maximum absolute atomic E-state index is 5.24. The molecular formula is C8H15NO. The van der Waals surface area contributed by atoms with Gasteiger partial charge in [-0.2, -0.15) is 0 Å². The second-order valence-electron chi connectivity index (χ2n) is 2.77. The Labute approximate surface area is 62.3 Å². The molecule has 10 heavy (non-hydrogen) atoms. The van der Waals surface area contributed by atoms with Crippen LogP contribution in [0.5, 0.6) is 0 Å². The minimum Gasteiger partial charge on any atom is -0.380 e. The van der Waals surface area contributed by atoms with Crippen molar-refractivity contribution in [2.75, 3.05) is 20.2 Å². The highest BCUT2D eigenvalue weighted by Crippen LogP contribution is 2.08. The summed E-state index contributed by atoms with van der Waals surface area (Å²) < 4.78 is 5.24. The number of ether oxygens (including phenoxy) is 1. The van der Waals surface area contributed by atoms with Crippen LogP contribution in [0.4, 0.5) is 0 Å². The minimum absolute atomic E-state index is 0.374. The molecule has 1 rings (SSSR count). The van der Waals surface area contributed by atoms with Crippen molar-refractivity contribution in [1.29, 1.82) is 0 Å². The van der Waals surface area contributed by atoms with Crippen LogP contribution in [0.15, 0.2) is 11.6 Å². The molecule has 0 saturated carbocycles. The van der Waals surface area contributed by atoms with Gasteiger partial charge in [-0.25, -0.2) is 0 Å². The summed E-state index contributed by atoms with van der Waals surface area (Å²) in [5.41, 5.74) is 1.43. The van der Waals surface area contributed by atoms with Gasteiger partial charge in [0.1, 0.15) is 0 Å². The van der Waals surface area contributed by atoms with Crippen LogP contribution < -0.4 is 5.32 Å². The second-order valence-corrected chi connectivity index (χ2v) is 2.77. The van der Waals surface area contributed by atoms with E-state index in [0.29, 0.717) is 6.10 Å². The second kappa shape index (κ2) is 3.74. The van der Waals surface area contributed by atoms with E-state index in [1.165, 1.54) is 5.57 Å². The Kier molecular flexibility index (Phi) is 2.90. The van der Waals surface area contributed by atoms with Gasteiger partial charge in [0.05, 0.1) is 6.10 Å². The van der Waals surface area contributed by atoms with Crippen molar-refractivity contribution in [3.05, 3.63) is 11.6 Å². The predicted octanol–water partition coefficient (Wildman–Crippen LogP) is 0.941. The summed E-state index contributed by atoms with van der Waals surface area (Å²) in [7, 11) is 1.77. The van der Waals surface area contributed by atoms with E-state index in [9.17, 15) is 0 Å². The van der Waals surface area contributed by atoms with E-state index in [-0.39, 0.29) is 0 Å². The zero-order chi connectivity index (χ0) is 7.40. The molecule has 0 fully saturated rings. The number of hydrogen-bond donors (Lipinski definition) is 1. The first-order valence-corrected chi connectivity index (χ1v) is 3.72. The SMILES string of the molecule is CO[C@@H]1CNCC=C(C)C1. The molecular weight excluding hydrogens is 126 g/mol. The van der Waals surface area contributed by atoms with Crippen molar-refractivity contribution in [3.63, 3.8) is 0 Å². The monoisotopic (exact) mass is 141 g/mol. The Hall–Kier alpha value is -0.340. The zero-order valence-corrected chi connectivity index (χ0v) is 6.68. The van der Waals surface area contributed by atoms with Gasteiger partial charge < -0.3 is 10.1 Å². The molecule has 0 radical (unpaired) electrons. The first-order chi connectivity index (χ1) is 4.83. The van der Waals surface area contributed by atoms with Crippen LogP contribution in [0.3, 0.4) is 0 Å². The molecule has 1 atom stereocenters. The molecule has 2 nitrogen and oxygen atoms in total. The summed E-state index contributed by atoms with van der Waals surface area (Å²) in [5, 5.41) is 3.28. The van der Waals surface area contributed by atoms with Gasteiger partial charge in [-0.05, 0) is 13.3 Å². The molecule has 0 unspecified atom stereocenters. The van der Waals surface area contributed by atoms with E-state index in [0.717, 1.165) is 19.5 Å². The number of methoxy groups -OCH3 is 1. The molecule has 2 heteroatoms. The van der Waals surface area contributed by atoms with Gasteiger partial charge in [0, 0.05) is 20.2 Å². The van der Waals surface area contributed by atoms with Crippen molar-refractivity contribution in [1.82, 2.24) is 5.32 Å². The largest absolute Gasteiger partial charge is 0.380 e. The molecule has 0 aromatic heterocycles. The predicted molar refractivity (Wildman–Crippen MR) is 42.0 cm³/mol. The van der Waals surface area contributed by atoms with E-state index < -0.39 is 0 Å². The lowest BCUT2D eigenvalue weighted by atomic mass is 10.1. The van der Waals surface area contributed by atoms with Gasteiger partial charge >= 0.3 is 0 Å². The fourth-order valence-corrected chi connectivity index (χ4v) is 1.17. The van der Waals surface area contributed by atoms with Gasteiger partial charge in [-0.1, -0.05) is 11.6 Å². The molecule has 1 aliphatic rings. The minimum atomic E-state index is 0.374. The third-order valence-electron chi connectivity index (χ3n) is 1.85. The van der Waals surface area contributed by atoms with Crippen LogP contribution in [-0.4, -0.2) is 26.3 Å². The maximum Gasteiger partial charge on any atom is 0.0732 e. The molecule has 0 aromatic carbocycles. The van der Waals surface area contributed by atoms with E-state index in [4.69, 9.17) is 4.74 Å². The van der Waals surface area contributed by atoms with Crippen LogP contribution >= 0.6 is 0 Å². The molecule has 1 N–H and O–H groups in total.